The fourth-order valence-corrected chi connectivity index (χ4v) is 4.26. The standard InChI is InChI=1S/C23H26ClFN4O4S/c1-2-20(24)34-14-21(31)26-9-8-15-12-28(13-19(15)30)23(33)27-18-7-6-16(11-17(18)25)29-10-4-3-5-22(29)32/h2-7,10-11,15,19,30H,8-9,12-14H2,1H3,(H,26,31)(H,27,33)/b20-2-/t15-,19-/m1/s1. The van der Waals surface area contributed by atoms with Gasteiger partial charge in [-0.1, -0.05) is 23.7 Å². The lowest BCUT2D eigenvalue weighted by Crippen LogP contribution is -2.34. The van der Waals surface area contributed by atoms with Crippen LogP contribution in [0.15, 0.2) is 57.8 Å². The molecular weight excluding hydrogens is 483 g/mol. The van der Waals surface area contributed by atoms with Crippen LogP contribution < -0.4 is 16.2 Å². The summed E-state index contributed by atoms with van der Waals surface area (Å²) in [6.45, 7) is 2.53. The molecule has 2 aromatic rings. The van der Waals surface area contributed by atoms with Gasteiger partial charge in [0.1, 0.15) is 5.82 Å². The van der Waals surface area contributed by atoms with Gasteiger partial charge in [-0.3, -0.25) is 14.2 Å². The van der Waals surface area contributed by atoms with Crippen molar-refractivity contribution in [2.24, 2.45) is 5.92 Å². The highest BCUT2D eigenvalue weighted by Crippen LogP contribution is 2.23. The molecule has 0 bridgehead atoms. The minimum Gasteiger partial charge on any atom is -0.391 e. The van der Waals surface area contributed by atoms with Crippen LogP contribution in [-0.4, -0.2) is 58.0 Å². The molecule has 1 aromatic heterocycles. The van der Waals surface area contributed by atoms with Crippen molar-refractivity contribution in [1.29, 1.82) is 0 Å². The first-order chi connectivity index (χ1) is 16.3. The number of carbonyl (C=O) groups excluding carboxylic acids is 2. The molecule has 0 radical (unpaired) electrons. The van der Waals surface area contributed by atoms with Gasteiger partial charge in [-0.25, -0.2) is 9.18 Å². The van der Waals surface area contributed by atoms with Gasteiger partial charge in [-0.2, -0.15) is 0 Å². The average molecular weight is 509 g/mol. The summed E-state index contributed by atoms with van der Waals surface area (Å²) < 4.78 is 16.4. The third-order valence-electron chi connectivity index (χ3n) is 5.39. The summed E-state index contributed by atoms with van der Waals surface area (Å²) in [4.78, 5) is 37.8. The smallest absolute Gasteiger partial charge is 0.322 e. The molecule has 1 aliphatic heterocycles. The normalized spacial score (nSPS) is 18.1. The fraction of sp³-hybridized carbons (Fsp3) is 0.348. The number of hydrogen-bond donors (Lipinski definition) is 3. The van der Waals surface area contributed by atoms with E-state index in [1.54, 1.807) is 25.1 Å². The number of nitrogens with one attached hydrogen (secondary N) is 2. The van der Waals surface area contributed by atoms with Crippen LogP contribution in [-0.2, 0) is 4.79 Å². The Kier molecular flexibility index (Phi) is 9.14. The molecule has 1 aromatic carbocycles. The molecule has 2 heterocycles. The van der Waals surface area contributed by atoms with E-state index in [0.29, 0.717) is 23.0 Å². The minimum absolute atomic E-state index is 0.0276. The lowest BCUT2D eigenvalue weighted by atomic mass is 10.0. The van der Waals surface area contributed by atoms with Crippen molar-refractivity contribution in [2.75, 3.05) is 30.7 Å². The molecule has 182 valence electrons. The molecule has 3 N–H and O–H groups in total. The topological polar surface area (TPSA) is 104 Å². The third kappa shape index (κ3) is 6.85. The van der Waals surface area contributed by atoms with Gasteiger partial charge in [0.05, 0.1) is 27.6 Å². The van der Waals surface area contributed by atoms with Crippen molar-refractivity contribution in [2.45, 2.75) is 19.4 Å². The average Bonchev–Trinajstić information content (AvgIpc) is 3.19. The SMILES string of the molecule is C/C=C(/Cl)SCC(=O)NCC[C@@H]1CN(C(=O)Nc2ccc(-n3ccccc3=O)cc2F)C[C@H]1O. The van der Waals surface area contributed by atoms with Gasteiger partial charge in [-0.05, 0) is 31.5 Å². The van der Waals surface area contributed by atoms with Crippen LogP contribution >= 0.6 is 23.4 Å². The Hall–Kier alpha value is -2.82. The lowest BCUT2D eigenvalue weighted by molar-refractivity contribution is -0.118. The summed E-state index contributed by atoms with van der Waals surface area (Å²) in [5, 5.41) is 15.6. The van der Waals surface area contributed by atoms with Crippen molar-refractivity contribution in [3.05, 3.63) is 69.2 Å². The first-order valence-corrected chi connectivity index (χ1v) is 12.1. The number of anilines is 1. The number of nitrogens with zero attached hydrogens (tertiary/aromatic N) is 2. The Morgan fingerprint density at radius 3 is 2.79 bits per heavy atom. The predicted molar refractivity (Wildman–Crippen MR) is 132 cm³/mol. The molecule has 0 unspecified atom stereocenters. The van der Waals surface area contributed by atoms with E-state index in [4.69, 9.17) is 11.6 Å². The third-order valence-corrected chi connectivity index (χ3v) is 6.86. The van der Waals surface area contributed by atoms with Gasteiger partial charge in [0.25, 0.3) is 5.56 Å². The summed E-state index contributed by atoms with van der Waals surface area (Å²) >= 11 is 7.08. The number of aliphatic hydroxyl groups excluding tert-OH is 1. The number of aromatic nitrogens is 1. The van der Waals surface area contributed by atoms with Gasteiger partial charge >= 0.3 is 6.03 Å². The van der Waals surface area contributed by atoms with Gasteiger partial charge in [0.2, 0.25) is 5.91 Å². The minimum atomic E-state index is -0.744. The van der Waals surface area contributed by atoms with E-state index in [0.717, 1.165) is 0 Å². The quantitative estimate of drug-likeness (QED) is 0.508. The number of allylic oxidation sites excluding steroid dienone is 1. The molecule has 3 amide bonds. The van der Waals surface area contributed by atoms with Crippen molar-refractivity contribution in [3.8, 4) is 5.69 Å². The molecule has 1 fully saturated rings. The molecule has 11 heteroatoms. The van der Waals surface area contributed by atoms with E-state index < -0.39 is 18.0 Å². The molecule has 0 spiro atoms. The van der Waals surface area contributed by atoms with Crippen LogP contribution in [0.1, 0.15) is 13.3 Å². The van der Waals surface area contributed by atoms with Gasteiger partial charge in [-0.15, -0.1) is 11.8 Å². The summed E-state index contributed by atoms with van der Waals surface area (Å²) in [5.41, 5.74) is 0.0127. The largest absolute Gasteiger partial charge is 0.391 e. The number of halogens is 2. The maximum Gasteiger partial charge on any atom is 0.322 e. The Morgan fingerprint density at radius 1 is 1.29 bits per heavy atom. The summed E-state index contributed by atoms with van der Waals surface area (Å²) in [6, 6.07) is 8.18. The molecule has 1 aliphatic rings. The summed E-state index contributed by atoms with van der Waals surface area (Å²) in [7, 11) is 0. The van der Waals surface area contributed by atoms with Crippen LogP contribution in [0.4, 0.5) is 14.9 Å². The van der Waals surface area contributed by atoms with Crippen LogP contribution in [0.3, 0.4) is 0 Å². The zero-order valence-electron chi connectivity index (χ0n) is 18.5. The number of amides is 3. The number of β-amino-alcohol motifs (C(OH)–C–C–N with tert-alkyl or cyclic N) is 1. The van der Waals surface area contributed by atoms with Crippen LogP contribution in [0.25, 0.3) is 5.69 Å². The Labute approximate surface area is 205 Å². The maximum absolute atomic E-state index is 14.6. The molecular formula is C23H26ClFN4O4S. The number of likely N-dealkylation sites (tertiary alicyclic amines) is 1. The predicted octanol–water partition coefficient (Wildman–Crippen LogP) is 3.14. The lowest BCUT2D eigenvalue weighted by Gasteiger charge is -2.18. The van der Waals surface area contributed by atoms with Crippen LogP contribution in [0.2, 0.25) is 0 Å². The molecule has 1 saturated heterocycles. The fourth-order valence-electron chi connectivity index (χ4n) is 3.56. The monoisotopic (exact) mass is 508 g/mol. The molecule has 8 nitrogen and oxygen atoms in total. The first-order valence-electron chi connectivity index (χ1n) is 10.7. The van der Waals surface area contributed by atoms with Gasteiger partial charge in [0, 0.05) is 43.9 Å². The second-order valence-electron chi connectivity index (χ2n) is 7.76. The molecule has 3 rings (SSSR count). The van der Waals surface area contributed by atoms with E-state index in [1.807, 2.05) is 0 Å². The number of pyridine rings is 1. The highest BCUT2D eigenvalue weighted by Gasteiger charge is 2.34. The first kappa shape index (κ1) is 25.8. The number of thioether (sulfide) groups is 1. The van der Waals surface area contributed by atoms with E-state index in [9.17, 15) is 23.9 Å². The highest BCUT2D eigenvalue weighted by molar-refractivity contribution is 8.05. The second kappa shape index (κ2) is 12.0. The Morgan fingerprint density at radius 2 is 2.09 bits per heavy atom. The molecule has 2 atom stereocenters. The number of rotatable bonds is 8. The van der Waals surface area contributed by atoms with Crippen molar-refractivity contribution >= 4 is 41.0 Å². The second-order valence-corrected chi connectivity index (χ2v) is 9.40. The van der Waals surface area contributed by atoms with Gasteiger partial charge in [0.15, 0.2) is 0 Å². The maximum atomic E-state index is 14.6. The van der Waals surface area contributed by atoms with Crippen LogP contribution in [0.5, 0.6) is 0 Å². The Balaban J connectivity index is 1.51. The number of hydrogen-bond acceptors (Lipinski definition) is 5. The van der Waals surface area contributed by atoms with Gasteiger partial charge < -0.3 is 20.6 Å². The zero-order valence-corrected chi connectivity index (χ0v) is 20.1. The number of carbonyl (C=O) groups is 2. The number of aliphatic hydroxyl groups is 1. The van der Waals surface area contributed by atoms with E-state index >= 15 is 0 Å². The summed E-state index contributed by atoms with van der Waals surface area (Å²) in [5.74, 6) is -0.857. The van der Waals surface area contributed by atoms with Crippen molar-refractivity contribution in [3.63, 3.8) is 0 Å². The van der Waals surface area contributed by atoms with E-state index in [-0.39, 0.29) is 41.9 Å². The molecule has 34 heavy (non-hydrogen) atoms. The molecule has 0 saturated carbocycles. The van der Waals surface area contributed by atoms with Crippen molar-refractivity contribution < 1.29 is 19.1 Å². The zero-order chi connectivity index (χ0) is 24.7. The number of benzene rings is 1. The highest BCUT2D eigenvalue weighted by atomic mass is 35.5. The Bertz CT molecular complexity index is 1130. The van der Waals surface area contributed by atoms with E-state index in [2.05, 4.69) is 10.6 Å². The van der Waals surface area contributed by atoms with Crippen molar-refractivity contribution in [1.82, 2.24) is 14.8 Å². The number of urea groups is 1. The van der Waals surface area contributed by atoms with Crippen LogP contribution in [0, 0.1) is 11.7 Å². The van der Waals surface area contributed by atoms with E-state index in [1.165, 1.54) is 51.7 Å². The molecule has 0 aliphatic carbocycles. The summed E-state index contributed by atoms with van der Waals surface area (Å²) in [6.07, 6.45) is 2.98.